The van der Waals surface area contributed by atoms with E-state index in [-0.39, 0.29) is 5.41 Å². The fourth-order valence-corrected chi connectivity index (χ4v) is 7.37. The van der Waals surface area contributed by atoms with Gasteiger partial charge in [-0.3, -0.25) is 4.98 Å². The van der Waals surface area contributed by atoms with Gasteiger partial charge in [-0.1, -0.05) is 22.6 Å². The van der Waals surface area contributed by atoms with E-state index in [4.69, 9.17) is 14.2 Å². The molecule has 3 aromatic heterocycles. The van der Waals surface area contributed by atoms with Crippen molar-refractivity contribution < 1.29 is 9.26 Å². The molecule has 1 saturated heterocycles. The fourth-order valence-electron chi connectivity index (χ4n) is 6.24. The highest BCUT2D eigenvalue weighted by Crippen LogP contribution is 2.56. The van der Waals surface area contributed by atoms with Gasteiger partial charge in [0.2, 0.25) is 0 Å². The lowest BCUT2D eigenvalue weighted by atomic mass is 9.63. The quantitative estimate of drug-likeness (QED) is 0.281. The number of thiazole rings is 1. The van der Waals surface area contributed by atoms with Gasteiger partial charge >= 0.3 is 0 Å². The SMILES string of the molecule is COc1cc(C)cc2sc(N3CCC4(C=C(c5c(-c6c(C)cncc6C)noc5C5CC5)C4)CC3)nc12. The number of rotatable bonds is 5. The van der Waals surface area contributed by atoms with Crippen molar-refractivity contribution in [3.05, 3.63) is 58.6 Å². The largest absolute Gasteiger partial charge is 0.494 e. The minimum absolute atomic E-state index is 0.272. The second-order valence-electron chi connectivity index (χ2n) is 11.2. The predicted molar refractivity (Wildman–Crippen MR) is 149 cm³/mol. The first-order chi connectivity index (χ1) is 17.9. The third kappa shape index (κ3) is 3.78. The van der Waals surface area contributed by atoms with Gasteiger partial charge in [-0.05, 0) is 92.7 Å². The van der Waals surface area contributed by atoms with Crippen LogP contribution in [0.15, 0.2) is 35.1 Å². The van der Waals surface area contributed by atoms with E-state index in [1.165, 1.54) is 39.8 Å². The van der Waals surface area contributed by atoms with E-state index in [1.807, 2.05) is 12.4 Å². The van der Waals surface area contributed by atoms with Crippen LogP contribution in [0.1, 0.15) is 66.0 Å². The molecule has 4 heterocycles. The summed E-state index contributed by atoms with van der Waals surface area (Å²) in [5, 5.41) is 5.74. The highest BCUT2D eigenvalue weighted by Gasteiger charge is 2.44. The molecule has 0 unspecified atom stereocenters. The van der Waals surface area contributed by atoms with Crippen LogP contribution in [0.25, 0.3) is 27.0 Å². The Kier molecular flexibility index (Phi) is 5.22. The monoisotopic (exact) mass is 512 g/mol. The van der Waals surface area contributed by atoms with E-state index in [0.717, 1.165) is 71.3 Å². The van der Waals surface area contributed by atoms with Crippen LogP contribution in [-0.4, -0.2) is 35.3 Å². The minimum atomic E-state index is 0.272. The second kappa shape index (κ2) is 8.42. The molecule has 4 aromatic rings. The van der Waals surface area contributed by atoms with Crippen molar-refractivity contribution in [1.82, 2.24) is 15.1 Å². The first-order valence-electron chi connectivity index (χ1n) is 13.3. The zero-order valence-electron chi connectivity index (χ0n) is 21.9. The van der Waals surface area contributed by atoms with Gasteiger partial charge in [-0.15, -0.1) is 0 Å². The lowest BCUT2D eigenvalue weighted by Gasteiger charge is -2.46. The molecule has 6 nitrogen and oxygen atoms in total. The molecule has 1 saturated carbocycles. The maximum absolute atomic E-state index is 6.01. The van der Waals surface area contributed by atoms with Crippen LogP contribution in [0.3, 0.4) is 0 Å². The predicted octanol–water partition coefficient (Wildman–Crippen LogP) is 7.23. The van der Waals surface area contributed by atoms with Crippen LogP contribution in [0.4, 0.5) is 5.13 Å². The molecular formula is C30H32N4O2S. The van der Waals surface area contributed by atoms with Crippen molar-refractivity contribution in [2.75, 3.05) is 25.1 Å². The number of hydrogen-bond acceptors (Lipinski definition) is 7. The molecule has 1 aliphatic heterocycles. The Morgan fingerprint density at radius 2 is 1.78 bits per heavy atom. The summed E-state index contributed by atoms with van der Waals surface area (Å²) in [4.78, 5) is 11.8. The van der Waals surface area contributed by atoms with Gasteiger partial charge in [0, 0.05) is 42.5 Å². The van der Waals surface area contributed by atoms with Crippen molar-refractivity contribution in [2.24, 2.45) is 5.41 Å². The highest BCUT2D eigenvalue weighted by molar-refractivity contribution is 7.22. The van der Waals surface area contributed by atoms with Crippen molar-refractivity contribution in [2.45, 2.75) is 58.8 Å². The van der Waals surface area contributed by atoms with Crippen LogP contribution < -0.4 is 9.64 Å². The number of allylic oxidation sites excluding steroid dienone is 2. The van der Waals surface area contributed by atoms with E-state index >= 15 is 0 Å². The van der Waals surface area contributed by atoms with Gasteiger partial charge in [-0.25, -0.2) is 4.98 Å². The topological polar surface area (TPSA) is 64.3 Å². The first kappa shape index (κ1) is 23.0. The Labute approximate surface area is 221 Å². The molecule has 1 spiro atoms. The number of hydrogen-bond donors (Lipinski definition) is 0. The molecule has 2 aliphatic carbocycles. The number of methoxy groups -OCH3 is 1. The van der Waals surface area contributed by atoms with E-state index in [1.54, 1.807) is 18.4 Å². The highest BCUT2D eigenvalue weighted by atomic mass is 32.1. The Hall–Kier alpha value is -3.19. The van der Waals surface area contributed by atoms with Crippen LogP contribution in [0.2, 0.25) is 0 Å². The third-order valence-corrected chi connectivity index (χ3v) is 9.48. The number of fused-ring (bicyclic) bond motifs is 1. The number of nitrogens with zero attached hydrogens (tertiary/aromatic N) is 4. The van der Waals surface area contributed by atoms with E-state index < -0.39 is 0 Å². The van der Waals surface area contributed by atoms with Crippen LogP contribution >= 0.6 is 11.3 Å². The Balaban J connectivity index is 1.15. The molecule has 3 aliphatic rings. The standard InChI is InChI=1S/C30H32N4O2S/c1-17-11-22(35-4)26-23(12-17)37-29(32-26)34-9-7-30(8-10-34)13-21(14-30)25-27(33-36-28(25)20-5-6-20)24-18(2)15-31-16-19(24)3/h11-13,15-16,20H,5-10,14H2,1-4H3. The summed E-state index contributed by atoms with van der Waals surface area (Å²) in [7, 11) is 1.73. The van der Waals surface area contributed by atoms with Gasteiger partial charge in [0.1, 0.15) is 22.7 Å². The van der Waals surface area contributed by atoms with Crippen molar-refractivity contribution in [1.29, 1.82) is 0 Å². The maximum atomic E-state index is 6.01. The van der Waals surface area contributed by atoms with Crippen LogP contribution in [0.5, 0.6) is 5.75 Å². The number of aromatic nitrogens is 3. The minimum Gasteiger partial charge on any atom is -0.494 e. The van der Waals surface area contributed by atoms with Gasteiger partial charge in [0.25, 0.3) is 0 Å². The average molecular weight is 513 g/mol. The molecule has 7 heteroatoms. The maximum Gasteiger partial charge on any atom is 0.186 e. The summed E-state index contributed by atoms with van der Waals surface area (Å²) >= 11 is 1.78. The number of anilines is 1. The van der Waals surface area contributed by atoms with Crippen molar-refractivity contribution in [3.8, 4) is 17.0 Å². The number of pyridine rings is 1. The average Bonchev–Trinajstić information content (AvgIpc) is 3.48. The van der Waals surface area contributed by atoms with Crippen LogP contribution in [-0.2, 0) is 0 Å². The van der Waals surface area contributed by atoms with E-state index in [0.29, 0.717) is 5.92 Å². The first-order valence-corrected chi connectivity index (χ1v) is 14.1. The zero-order chi connectivity index (χ0) is 25.3. The Bertz CT molecular complexity index is 1530. The summed E-state index contributed by atoms with van der Waals surface area (Å²) in [5.74, 6) is 2.49. The van der Waals surface area contributed by atoms with Gasteiger partial charge in [0.05, 0.1) is 11.8 Å². The Morgan fingerprint density at radius 3 is 2.46 bits per heavy atom. The summed E-state index contributed by atoms with van der Waals surface area (Å²) in [6.45, 7) is 8.41. The summed E-state index contributed by atoms with van der Waals surface area (Å²) in [5.41, 5.74) is 9.65. The normalized spacial score (nSPS) is 18.8. The summed E-state index contributed by atoms with van der Waals surface area (Å²) in [6.07, 6.45) is 12.2. The van der Waals surface area contributed by atoms with Crippen molar-refractivity contribution in [3.63, 3.8) is 0 Å². The number of benzene rings is 1. The lowest BCUT2D eigenvalue weighted by Crippen LogP contribution is -2.42. The number of aryl methyl sites for hydroxylation is 3. The molecule has 0 radical (unpaired) electrons. The molecule has 7 rings (SSSR count). The molecule has 1 aromatic carbocycles. The van der Waals surface area contributed by atoms with Gasteiger partial charge in [-0.2, -0.15) is 0 Å². The third-order valence-electron chi connectivity index (χ3n) is 8.42. The van der Waals surface area contributed by atoms with Crippen LogP contribution in [0, 0.1) is 26.2 Å². The molecule has 0 atom stereocenters. The molecule has 2 fully saturated rings. The van der Waals surface area contributed by atoms with E-state index in [2.05, 4.69) is 54.0 Å². The molecule has 0 bridgehead atoms. The number of ether oxygens (including phenoxy) is 1. The lowest BCUT2D eigenvalue weighted by molar-refractivity contribution is 0.277. The molecule has 0 amide bonds. The Morgan fingerprint density at radius 1 is 1.05 bits per heavy atom. The van der Waals surface area contributed by atoms with Gasteiger partial charge < -0.3 is 14.2 Å². The molecule has 0 N–H and O–H groups in total. The molecule has 190 valence electrons. The number of piperidine rings is 1. The zero-order valence-corrected chi connectivity index (χ0v) is 22.7. The van der Waals surface area contributed by atoms with E-state index in [9.17, 15) is 0 Å². The molecule has 37 heavy (non-hydrogen) atoms. The van der Waals surface area contributed by atoms with Gasteiger partial charge in [0.15, 0.2) is 5.13 Å². The smallest absolute Gasteiger partial charge is 0.186 e. The molecular weight excluding hydrogens is 480 g/mol. The second-order valence-corrected chi connectivity index (χ2v) is 12.2. The summed E-state index contributed by atoms with van der Waals surface area (Å²) < 4.78 is 12.8. The fraction of sp³-hybridized carbons (Fsp3) is 0.433. The van der Waals surface area contributed by atoms with Crippen molar-refractivity contribution >= 4 is 32.3 Å². The summed E-state index contributed by atoms with van der Waals surface area (Å²) in [6, 6.07) is 4.28.